The van der Waals surface area contributed by atoms with Gasteiger partial charge in [0.15, 0.2) is 0 Å². The second-order valence-corrected chi connectivity index (χ2v) is 11.1. The summed E-state index contributed by atoms with van der Waals surface area (Å²) < 4.78 is 46.9. The summed E-state index contributed by atoms with van der Waals surface area (Å²) in [7, 11) is 0. The molecule has 0 bridgehead atoms. The maximum atomic E-state index is 13.4. The summed E-state index contributed by atoms with van der Waals surface area (Å²) in [5, 5.41) is 8.41. The fourth-order valence-corrected chi connectivity index (χ4v) is 4.98. The SMILES string of the molecule is CC(C)(c1ccc(-c2noc(-c3ccc(=O)n(Cc4ccnc(N5CCN(C6CC6)CC5)c4)n3)n2)cc1)C(F)(F)F. The molecule has 0 spiro atoms. The van der Waals surface area contributed by atoms with Crippen LogP contribution in [-0.2, 0) is 12.0 Å². The Balaban J connectivity index is 1.17. The van der Waals surface area contributed by atoms with Gasteiger partial charge in [0.25, 0.3) is 11.4 Å². The van der Waals surface area contributed by atoms with Crippen LogP contribution in [0, 0.1) is 0 Å². The highest BCUT2D eigenvalue weighted by atomic mass is 19.4. The molecule has 0 N–H and O–H groups in total. The fraction of sp³-hybridized carbons (Fsp3) is 0.414. The van der Waals surface area contributed by atoms with E-state index >= 15 is 0 Å². The van der Waals surface area contributed by atoms with Gasteiger partial charge in [0.05, 0.1) is 12.0 Å². The van der Waals surface area contributed by atoms with E-state index in [0.29, 0.717) is 11.3 Å². The average Bonchev–Trinajstić information content (AvgIpc) is 3.70. The number of rotatable bonds is 7. The van der Waals surface area contributed by atoms with Crippen molar-refractivity contribution in [2.24, 2.45) is 0 Å². The van der Waals surface area contributed by atoms with Gasteiger partial charge in [0.2, 0.25) is 5.82 Å². The lowest BCUT2D eigenvalue weighted by Crippen LogP contribution is -2.47. The first-order chi connectivity index (χ1) is 19.6. The van der Waals surface area contributed by atoms with Crippen molar-refractivity contribution in [3.63, 3.8) is 0 Å². The van der Waals surface area contributed by atoms with Crippen LogP contribution >= 0.6 is 0 Å². The van der Waals surface area contributed by atoms with Gasteiger partial charge in [0.1, 0.15) is 11.5 Å². The van der Waals surface area contributed by atoms with E-state index in [2.05, 4.69) is 30.0 Å². The zero-order valence-corrected chi connectivity index (χ0v) is 22.8. The molecule has 1 saturated carbocycles. The molecule has 4 aromatic rings. The summed E-state index contributed by atoms with van der Waals surface area (Å²) in [4.78, 5) is 26.4. The summed E-state index contributed by atoms with van der Waals surface area (Å²) in [5.41, 5.74) is -0.453. The van der Waals surface area contributed by atoms with Gasteiger partial charge in [-0.1, -0.05) is 29.4 Å². The Morgan fingerprint density at radius 1 is 0.976 bits per heavy atom. The lowest BCUT2D eigenvalue weighted by Gasteiger charge is -2.35. The highest BCUT2D eigenvalue weighted by molar-refractivity contribution is 5.58. The number of hydrogen-bond acceptors (Lipinski definition) is 8. The standard InChI is InChI=1S/C29H30F3N7O2/c1-28(2,29(30,31)32)21-5-3-20(4-6-21)26-34-27(41-36-26)23-9-10-25(40)39(35-23)18-19-11-12-33-24(17-19)38-15-13-37(14-16-38)22-7-8-22/h3-6,9-12,17,22H,7-8,13-16,18H2,1-2H3. The number of alkyl halides is 3. The zero-order valence-electron chi connectivity index (χ0n) is 22.8. The van der Waals surface area contributed by atoms with Crippen LogP contribution in [0.2, 0.25) is 0 Å². The molecule has 0 atom stereocenters. The molecule has 2 fully saturated rings. The molecular weight excluding hydrogens is 535 g/mol. The molecule has 1 aromatic carbocycles. The van der Waals surface area contributed by atoms with Crippen LogP contribution in [0.5, 0.6) is 0 Å². The molecule has 41 heavy (non-hydrogen) atoms. The average molecular weight is 566 g/mol. The van der Waals surface area contributed by atoms with Crippen molar-refractivity contribution in [1.29, 1.82) is 0 Å². The highest BCUT2D eigenvalue weighted by Gasteiger charge is 2.48. The van der Waals surface area contributed by atoms with E-state index in [-0.39, 0.29) is 29.4 Å². The third-order valence-electron chi connectivity index (χ3n) is 7.93. The maximum absolute atomic E-state index is 13.4. The molecule has 12 heteroatoms. The lowest BCUT2D eigenvalue weighted by molar-refractivity contribution is -0.180. The van der Waals surface area contributed by atoms with Gasteiger partial charge in [-0.15, -0.1) is 0 Å². The van der Waals surface area contributed by atoms with E-state index in [1.165, 1.54) is 53.9 Å². The predicted octanol–water partition coefficient (Wildman–Crippen LogP) is 4.53. The topological polar surface area (TPSA) is 93.2 Å². The van der Waals surface area contributed by atoms with Crippen LogP contribution < -0.4 is 10.5 Å². The van der Waals surface area contributed by atoms with E-state index in [0.717, 1.165) is 57.4 Å². The summed E-state index contributed by atoms with van der Waals surface area (Å²) in [6.07, 6.45) is -0.0313. The maximum Gasteiger partial charge on any atom is 0.397 e. The molecule has 2 aliphatic rings. The van der Waals surface area contributed by atoms with Crippen molar-refractivity contribution >= 4 is 5.82 Å². The lowest BCUT2D eigenvalue weighted by atomic mass is 9.83. The minimum absolute atomic E-state index is 0.0948. The Labute approximate surface area is 234 Å². The van der Waals surface area contributed by atoms with Crippen molar-refractivity contribution in [3.05, 3.63) is 76.2 Å². The van der Waals surface area contributed by atoms with Gasteiger partial charge in [-0.05, 0) is 56.0 Å². The number of anilines is 1. The number of hydrogen-bond donors (Lipinski definition) is 0. The molecule has 0 amide bonds. The third-order valence-corrected chi connectivity index (χ3v) is 7.93. The van der Waals surface area contributed by atoms with Crippen molar-refractivity contribution in [1.82, 2.24) is 29.8 Å². The van der Waals surface area contributed by atoms with Crippen LogP contribution in [0.3, 0.4) is 0 Å². The quantitative estimate of drug-likeness (QED) is 0.323. The van der Waals surface area contributed by atoms with E-state index in [9.17, 15) is 18.0 Å². The number of benzene rings is 1. The first-order valence-electron chi connectivity index (χ1n) is 13.6. The second-order valence-electron chi connectivity index (χ2n) is 11.1. The van der Waals surface area contributed by atoms with Gasteiger partial charge in [-0.25, -0.2) is 9.67 Å². The zero-order chi connectivity index (χ0) is 28.8. The summed E-state index contributed by atoms with van der Waals surface area (Å²) in [6, 6.07) is 13.4. The van der Waals surface area contributed by atoms with E-state index in [1.54, 1.807) is 6.20 Å². The molecule has 6 rings (SSSR count). The molecule has 3 aromatic heterocycles. The van der Waals surface area contributed by atoms with Crippen LogP contribution in [0.1, 0.15) is 37.8 Å². The van der Waals surface area contributed by atoms with E-state index < -0.39 is 11.6 Å². The first kappa shape index (κ1) is 27.1. The molecule has 0 radical (unpaired) electrons. The third kappa shape index (κ3) is 5.61. The number of aromatic nitrogens is 5. The molecule has 9 nitrogen and oxygen atoms in total. The Kier molecular flexibility index (Phi) is 6.88. The largest absolute Gasteiger partial charge is 0.397 e. The Morgan fingerprint density at radius 2 is 1.71 bits per heavy atom. The fourth-order valence-electron chi connectivity index (χ4n) is 4.98. The smallest absolute Gasteiger partial charge is 0.354 e. The number of piperazine rings is 1. The molecule has 4 heterocycles. The number of halogens is 3. The molecule has 1 saturated heterocycles. The van der Waals surface area contributed by atoms with Crippen molar-refractivity contribution in [2.45, 2.75) is 50.9 Å². The van der Waals surface area contributed by atoms with Gasteiger partial charge in [-0.3, -0.25) is 9.69 Å². The van der Waals surface area contributed by atoms with Crippen molar-refractivity contribution in [2.75, 3.05) is 31.1 Å². The number of pyridine rings is 1. The predicted molar refractivity (Wildman–Crippen MR) is 146 cm³/mol. The van der Waals surface area contributed by atoms with Crippen LogP contribution in [0.15, 0.2) is 64.0 Å². The van der Waals surface area contributed by atoms with Crippen LogP contribution in [0.25, 0.3) is 23.0 Å². The van der Waals surface area contributed by atoms with Gasteiger partial charge >= 0.3 is 6.18 Å². The minimum atomic E-state index is -4.38. The van der Waals surface area contributed by atoms with Crippen LogP contribution in [0.4, 0.5) is 19.0 Å². The Hall–Kier alpha value is -4.06. The molecule has 0 unspecified atom stereocenters. The molecule has 214 valence electrons. The first-order valence-corrected chi connectivity index (χ1v) is 13.6. The summed E-state index contributed by atoms with van der Waals surface area (Å²) in [6.45, 7) is 6.41. The highest BCUT2D eigenvalue weighted by Crippen LogP contribution is 2.40. The van der Waals surface area contributed by atoms with Gasteiger partial charge in [0, 0.05) is 50.0 Å². The second kappa shape index (κ2) is 10.4. The Morgan fingerprint density at radius 3 is 2.39 bits per heavy atom. The normalized spacial score (nSPS) is 16.8. The van der Waals surface area contributed by atoms with E-state index in [1.807, 2.05) is 12.1 Å². The van der Waals surface area contributed by atoms with E-state index in [4.69, 9.17) is 4.52 Å². The van der Waals surface area contributed by atoms with Gasteiger partial charge in [-0.2, -0.15) is 23.3 Å². The monoisotopic (exact) mass is 565 g/mol. The number of nitrogens with zero attached hydrogens (tertiary/aromatic N) is 7. The molecular formula is C29H30F3N7O2. The molecule has 1 aliphatic carbocycles. The Bertz CT molecular complexity index is 1580. The summed E-state index contributed by atoms with van der Waals surface area (Å²) >= 11 is 0. The van der Waals surface area contributed by atoms with Crippen molar-refractivity contribution < 1.29 is 17.7 Å². The minimum Gasteiger partial charge on any atom is -0.354 e. The van der Waals surface area contributed by atoms with Gasteiger partial charge < -0.3 is 9.42 Å². The van der Waals surface area contributed by atoms with Crippen molar-refractivity contribution in [3.8, 4) is 23.0 Å². The van der Waals surface area contributed by atoms with Crippen LogP contribution in [-0.4, -0.2) is 68.2 Å². The molecule has 1 aliphatic heterocycles. The summed E-state index contributed by atoms with van der Waals surface area (Å²) in [5.74, 6) is 1.18.